The summed E-state index contributed by atoms with van der Waals surface area (Å²) in [4.78, 5) is 2.37. The Morgan fingerprint density at radius 3 is 1.42 bits per heavy atom. The van der Waals surface area contributed by atoms with Crippen molar-refractivity contribution in [3.63, 3.8) is 0 Å². The molecule has 57 heavy (non-hydrogen) atoms. The summed E-state index contributed by atoms with van der Waals surface area (Å²) in [7, 11) is 0. The predicted molar refractivity (Wildman–Crippen MR) is 243 cm³/mol. The van der Waals surface area contributed by atoms with E-state index in [-0.39, 0.29) is 0 Å². The van der Waals surface area contributed by atoms with Crippen molar-refractivity contribution in [1.82, 2.24) is 0 Å². The molecule has 10 aromatic carbocycles. The maximum absolute atomic E-state index is 2.37. The van der Waals surface area contributed by atoms with Crippen molar-refractivity contribution in [2.45, 2.75) is 0 Å². The number of anilines is 3. The standard InChI is InChI=1S/C56H39N/c1-3-13-40(14-4-1)49-22-12-23-53(39-49)57(51-32-27-42(28-33-51)47-20-11-21-48(37-47)50-26-25-41-15-7-8-19-46(41)38-50)52-34-29-45(30-35-52)56-54-24-10-9-18-44(54)31-36-55(56)43-16-5-2-6-17-43/h1-39H. The average molecular weight is 726 g/mol. The minimum atomic E-state index is 1.09. The van der Waals surface area contributed by atoms with Gasteiger partial charge in [-0.05, 0) is 126 Å². The van der Waals surface area contributed by atoms with Crippen LogP contribution >= 0.6 is 0 Å². The summed E-state index contributed by atoms with van der Waals surface area (Å²) in [6.07, 6.45) is 0. The van der Waals surface area contributed by atoms with E-state index in [1.54, 1.807) is 0 Å². The van der Waals surface area contributed by atoms with Crippen molar-refractivity contribution in [3.05, 3.63) is 237 Å². The molecule has 0 amide bonds. The Hall–Kier alpha value is -7.48. The number of fused-ring (bicyclic) bond motifs is 2. The Morgan fingerprint density at radius 1 is 0.228 bits per heavy atom. The predicted octanol–water partition coefficient (Wildman–Crippen LogP) is 15.8. The number of rotatable bonds is 8. The highest BCUT2D eigenvalue weighted by Crippen LogP contribution is 2.42. The smallest absolute Gasteiger partial charge is 0.0467 e. The van der Waals surface area contributed by atoms with E-state index in [2.05, 4.69) is 241 Å². The van der Waals surface area contributed by atoms with Gasteiger partial charge in [0.1, 0.15) is 0 Å². The minimum Gasteiger partial charge on any atom is -0.310 e. The zero-order chi connectivity index (χ0) is 38.0. The summed E-state index contributed by atoms with van der Waals surface area (Å²) in [5.74, 6) is 0. The zero-order valence-electron chi connectivity index (χ0n) is 31.5. The Balaban J connectivity index is 1.05. The quantitative estimate of drug-likeness (QED) is 0.151. The largest absolute Gasteiger partial charge is 0.310 e. The van der Waals surface area contributed by atoms with Crippen molar-refractivity contribution < 1.29 is 0 Å². The first kappa shape index (κ1) is 34.0. The lowest BCUT2D eigenvalue weighted by Gasteiger charge is -2.26. The molecule has 0 N–H and O–H groups in total. The van der Waals surface area contributed by atoms with Crippen molar-refractivity contribution >= 4 is 38.6 Å². The molecule has 0 unspecified atom stereocenters. The summed E-state index contributed by atoms with van der Waals surface area (Å²) in [6.45, 7) is 0. The van der Waals surface area contributed by atoms with E-state index >= 15 is 0 Å². The molecule has 0 aliphatic heterocycles. The zero-order valence-corrected chi connectivity index (χ0v) is 31.5. The van der Waals surface area contributed by atoms with Crippen LogP contribution in [0.3, 0.4) is 0 Å². The molecule has 0 heterocycles. The molecule has 10 aromatic rings. The van der Waals surface area contributed by atoms with Gasteiger partial charge < -0.3 is 4.90 Å². The second-order valence-corrected chi connectivity index (χ2v) is 14.6. The third-order valence-corrected chi connectivity index (χ3v) is 11.0. The van der Waals surface area contributed by atoms with E-state index in [4.69, 9.17) is 0 Å². The summed E-state index contributed by atoms with van der Waals surface area (Å²) < 4.78 is 0. The molecule has 10 rings (SSSR count). The fourth-order valence-electron chi connectivity index (χ4n) is 8.17. The monoisotopic (exact) mass is 725 g/mol. The lowest BCUT2D eigenvalue weighted by atomic mass is 9.89. The highest BCUT2D eigenvalue weighted by molar-refractivity contribution is 6.04. The van der Waals surface area contributed by atoms with Gasteiger partial charge in [0.15, 0.2) is 0 Å². The first-order valence-corrected chi connectivity index (χ1v) is 19.6. The second-order valence-electron chi connectivity index (χ2n) is 14.6. The Kier molecular flexibility index (Phi) is 8.95. The summed E-state index contributed by atoms with van der Waals surface area (Å²) in [6, 6.07) is 85.6. The van der Waals surface area contributed by atoms with Gasteiger partial charge in [-0.15, -0.1) is 0 Å². The molecule has 0 saturated heterocycles. The molecular formula is C56H39N. The van der Waals surface area contributed by atoms with E-state index in [0.29, 0.717) is 0 Å². The van der Waals surface area contributed by atoms with Crippen LogP contribution in [0.15, 0.2) is 237 Å². The van der Waals surface area contributed by atoms with E-state index in [0.717, 1.165) is 17.1 Å². The van der Waals surface area contributed by atoms with Gasteiger partial charge in [-0.1, -0.05) is 188 Å². The normalized spacial score (nSPS) is 11.2. The fraction of sp³-hybridized carbons (Fsp3) is 0. The minimum absolute atomic E-state index is 1.09. The Morgan fingerprint density at radius 2 is 0.702 bits per heavy atom. The van der Waals surface area contributed by atoms with Gasteiger partial charge in [-0.25, -0.2) is 0 Å². The van der Waals surface area contributed by atoms with Crippen LogP contribution in [0.25, 0.3) is 77.2 Å². The Bertz CT molecular complexity index is 2980. The van der Waals surface area contributed by atoms with Crippen LogP contribution in [0.5, 0.6) is 0 Å². The van der Waals surface area contributed by atoms with Gasteiger partial charge in [0.05, 0.1) is 0 Å². The summed E-state index contributed by atoms with van der Waals surface area (Å²) in [5, 5.41) is 4.99. The van der Waals surface area contributed by atoms with Crippen molar-refractivity contribution in [2.24, 2.45) is 0 Å². The third kappa shape index (κ3) is 6.77. The number of nitrogens with zero attached hydrogens (tertiary/aromatic N) is 1. The number of hydrogen-bond acceptors (Lipinski definition) is 1. The molecule has 0 fully saturated rings. The van der Waals surface area contributed by atoms with E-state index in [9.17, 15) is 0 Å². The molecule has 268 valence electrons. The molecule has 0 aliphatic carbocycles. The highest BCUT2D eigenvalue weighted by atomic mass is 15.1. The van der Waals surface area contributed by atoms with Crippen LogP contribution in [0, 0.1) is 0 Å². The van der Waals surface area contributed by atoms with Gasteiger partial charge >= 0.3 is 0 Å². The van der Waals surface area contributed by atoms with Gasteiger partial charge in [-0.2, -0.15) is 0 Å². The fourth-order valence-corrected chi connectivity index (χ4v) is 8.17. The van der Waals surface area contributed by atoms with Gasteiger partial charge in [0, 0.05) is 17.1 Å². The molecule has 0 atom stereocenters. The molecule has 0 aliphatic rings. The van der Waals surface area contributed by atoms with Crippen molar-refractivity contribution in [3.8, 4) is 55.6 Å². The van der Waals surface area contributed by atoms with Crippen LogP contribution < -0.4 is 4.90 Å². The molecule has 0 aromatic heterocycles. The van der Waals surface area contributed by atoms with Crippen molar-refractivity contribution in [2.75, 3.05) is 4.90 Å². The van der Waals surface area contributed by atoms with E-state index in [1.807, 2.05) is 0 Å². The van der Waals surface area contributed by atoms with Gasteiger partial charge in [-0.3, -0.25) is 0 Å². The van der Waals surface area contributed by atoms with Crippen LogP contribution in [0.4, 0.5) is 17.1 Å². The van der Waals surface area contributed by atoms with Gasteiger partial charge in [0.2, 0.25) is 0 Å². The van der Waals surface area contributed by atoms with E-state index in [1.165, 1.54) is 77.2 Å². The maximum atomic E-state index is 2.37. The summed E-state index contributed by atoms with van der Waals surface area (Å²) in [5.41, 5.74) is 15.4. The summed E-state index contributed by atoms with van der Waals surface area (Å²) >= 11 is 0. The molecule has 1 nitrogen and oxygen atoms in total. The topological polar surface area (TPSA) is 3.24 Å². The maximum Gasteiger partial charge on any atom is 0.0467 e. The highest BCUT2D eigenvalue weighted by Gasteiger charge is 2.17. The first-order chi connectivity index (χ1) is 28.2. The molecule has 0 radical (unpaired) electrons. The lowest BCUT2D eigenvalue weighted by molar-refractivity contribution is 1.28. The number of hydrogen-bond donors (Lipinski definition) is 0. The average Bonchev–Trinajstić information content (AvgIpc) is 3.30. The first-order valence-electron chi connectivity index (χ1n) is 19.6. The molecule has 0 spiro atoms. The van der Waals surface area contributed by atoms with Crippen LogP contribution in [-0.2, 0) is 0 Å². The van der Waals surface area contributed by atoms with Crippen LogP contribution in [0.2, 0.25) is 0 Å². The molecule has 0 saturated carbocycles. The van der Waals surface area contributed by atoms with Crippen molar-refractivity contribution in [1.29, 1.82) is 0 Å². The third-order valence-electron chi connectivity index (χ3n) is 11.0. The van der Waals surface area contributed by atoms with Gasteiger partial charge in [0.25, 0.3) is 0 Å². The molecule has 1 heteroatoms. The van der Waals surface area contributed by atoms with E-state index < -0.39 is 0 Å². The molecule has 0 bridgehead atoms. The Labute approximate surface area is 334 Å². The lowest BCUT2D eigenvalue weighted by Crippen LogP contribution is -2.10. The van der Waals surface area contributed by atoms with Crippen LogP contribution in [-0.4, -0.2) is 0 Å². The number of benzene rings is 10. The van der Waals surface area contributed by atoms with Crippen LogP contribution in [0.1, 0.15) is 0 Å². The second kappa shape index (κ2) is 15.0. The molecular weight excluding hydrogens is 687 g/mol. The SMILES string of the molecule is c1ccc(-c2cccc(N(c3ccc(-c4cccc(-c5ccc6ccccc6c5)c4)cc3)c3ccc(-c4c(-c5ccccc5)ccc5ccccc45)cc3)c2)cc1.